The van der Waals surface area contributed by atoms with Crippen molar-refractivity contribution in [1.82, 2.24) is 4.98 Å². The van der Waals surface area contributed by atoms with Crippen LogP contribution in [0, 0.1) is 4.91 Å². The van der Waals surface area contributed by atoms with Crippen LogP contribution in [-0.2, 0) is 6.18 Å². The molecule has 0 amide bonds. The lowest BCUT2D eigenvalue weighted by molar-refractivity contribution is -0.137. The van der Waals surface area contributed by atoms with Crippen LogP contribution in [0.4, 0.5) is 13.2 Å². The summed E-state index contributed by atoms with van der Waals surface area (Å²) in [4.78, 5) is 15.3. The van der Waals surface area contributed by atoms with Crippen molar-refractivity contribution < 1.29 is 13.2 Å². The standard InChI is InChI=1S/C13H7Cl2F3N2OS/c14-8-1-3-9(4-2-8)22-12(20-21)11-10(15)5-7(6-19-11)13(16,17)18/h1-6,12H. The monoisotopic (exact) mass is 366 g/mol. The maximum Gasteiger partial charge on any atom is 0.417 e. The zero-order valence-corrected chi connectivity index (χ0v) is 13.0. The quantitative estimate of drug-likeness (QED) is 0.494. The number of rotatable bonds is 4. The highest BCUT2D eigenvalue weighted by atomic mass is 35.5. The molecule has 1 aromatic carbocycles. The lowest BCUT2D eigenvalue weighted by Crippen LogP contribution is -2.07. The van der Waals surface area contributed by atoms with Crippen molar-refractivity contribution in [2.24, 2.45) is 5.18 Å². The molecule has 0 fully saturated rings. The lowest BCUT2D eigenvalue weighted by atomic mass is 10.2. The van der Waals surface area contributed by atoms with E-state index in [0.29, 0.717) is 16.1 Å². The Bertz CT molecular complexity index is 680. The fourth-order valence-corrected chi connectivity index (χ4v) is 2.91. The van der Waals surface area contributed by atoms with E-state index >= 15 is 0 Å². The third-order valence-electron chi connectivity index (χ3n) is 2.59. The minimum Gasteiger partial charge on any atom is -0.256 e. The zero-order valence-electron chi connectivity index (χ0n) is 10.6. The number of aromatic nitrogens is 1. The van der Waals surface area contributed by atoms with Crippen molar-refractivity contribution in [3.05, 3.63) is 62.7 Å². The number of nitroso groups, excluding NO2 is 1. The van der Waals surface area contributed by atoms with Gasteiger partial charge in [0, 0.05) is 16.1 Å². The van der Waals surface area contributed by atoms with Crippen LogP contribution in [0.5, 0.6) is 0 Å². The van der Waals surface area contributed by atoms with Crippen LogP contribution in [0.15, 0.2) is 46.6 Å². The van der Waals surface area contributed by atoms with Gasteiger partial charge in [-0.25, -0.2) is 0 Å². The summed E-state index contributed by atoms with van der Waals surface area (Å²) in [6, 6.07) is 7.28. The molecule has 0 bridgehead atoms. The van der Waals surface area contributed by atoms with E-state index in [1.54, 1.807) is 24.3 Å². The first-order chi connectivity index (χ1) is 10.3. The van der Waals surface area contributed by atoms with Crippen molar-refractivity contribution in [3.63, 3.8) is 0 Å². The summed E-state index contributed by atoms with van der Waals surface area (Å²) in [5.74, 6) is 0. The Labute approximate surface area is 137 Å². The Balaban J connectivity index is 2.27. The van der Waals surface area contributed by atoms with Crippen LogP contribution in [0.25, 0.3) is 0 Å². The molecule has 0 aliphatic heterocycles. The maximum absolute atomic E-state index is 12.6. The maximum atomic E-state index is 12.6. The van der Waals surface area contributed by atoms with Gasteiger partial charge in [-0.1, -0.05) is 35.0 Å². The van der Waals surface area contributed by atoms with Gasteiger partial charge in [-0.3, -0.25) is 4.98 Å². The molecule has 1 atom stereocenters. The number of pyridine rings is 1. The second kappa shape index (κ2) is 6.85. The van der Waals surface area contributed by atoms with E-state index in [1.807, 2.05) is 0 Å². The molecule has 9 heteroatoms. The molecule has 0 spiro atoms. The van der Waals surface area contributed by atoms with Crippen LogP contribution < -0.4 is 0 Å². The predicted octanol–water partition coefficient (Wildman–Crippen LogP) is 5.96. The fraction of sp³-hybridized carbons (Fsp3) is 0.154. The van der Waals surface area contributed by atoms with Crippen molar-refractivity contribution in [2.45, 2.75) is 16.4 Å². The van der Waals surface area contributed by atoms with E-state index in [0.717, 1.165) is 17.8 Å². The number of halogens is 5. The van der Waals surface area contributed by atoms with Gasteiger partial charge in [0.25, 0.3) is 0 Å². The van der Waals surface area contributed by atoms with Gasteiger partial charge < -0.3 is 0 Å². The van der Waals surface area contributed by atoms with Crippen LogP contribution in [-0.4, -0.2) is 4.98 Å². The van der Waals surface area contributed by atoms with Gasteiger partial charge in [-0.15, -0.1) is 4.91 Å². The normalized spacial score (nSPS) is 13.0. The Morgan fingerprint density at radius 1 is 1.18 bits per heavy atom. The minimum atomic E-state index is -4.55. The molecule has 1 aromatic heterocycles. The summed E-state index contributed by atoms with van der Waals surface area (Å²) >= 11 is 12.6. The first-order valence-electron chi connectivity index (χ1n) is 5.78. The second-order valence-electron chi connectivity index (χ2n) is 4.12. The Morgan fingerprint density at radius 2 is 1.82 bits per heavy atom. The molecule has 22 heavy (non-hydrogen) atoms. The van der Waals surface area contributed by atoms with Gasteiger partial charge in [-0.2, -0.15) is 13.2 Å². The van der Waals surface area contributed by atoms with Gasteiger partial charge in [-0.05, 0) is 35.5 Å². The molecule has 2 rings (SSSR count). The molecule has 1 unspecified atom stereocenters. The second-order valence-corrected chi connectivity index (χ2v) is 6.12. The summed E-state index contributed by atoms with van der Waals surface area (Å²) in [7, 11) is 0. The molecule has 116 valence electrons. The highest BCUT2D eigenvalue weighted by Crippen LogP contribution is 2.40. The average Bonchev–Trinajstić information content (AvgIpc) is 2.46. The van der Waals surface area contributed by atoms with Gasteiger partial charge >= 0.3 is 6.18 Å². The first-order valence-corrected chi connectivity index (χ1v) is 7.42. The number of benzene rings is 1. The highest BCUT2D eigenvalue weighted by Gasteiger charge is 2.32. The zero-order chi connectivity index (χ0) is 16.3. The summed E-state index contributed by atoms with van der Waals surface area (Å²) in [5.41, 5.74) is -1.01. The van der Waals surface area contributed by atoms with Crippen LogP contribution >= 0.6 is 35.0 Å². The molecule has 0 saturated heterocycles. The first kappa shape index (κ1) is 17.1. The Kier molecular flexibility index (Phi) is 5.31. The predicted molar refractivity (Wildman–Crippen MR) is 80.1 cm³/mol. The Hall–Kier alpha value is -1.31. The number of thioether (sulfide) groups is 1. The molecular formula is C13H7Cl2F3N2OS. The molecule has 0 aliphatic rings. The van der Waals surface area contributed by atoms with E-state index in [9.17, 15) is 18.1 Å². The number of nitrogens with zero attached hydrogens (tertiary/aromatic N) is 2. The van der Waals surface area contributed by atoms with Gasteiger partial charge in [0.2, 0.25) is 0 Å². The van der Waals surface area contributed by atoms with Gasteiger partial charge in [0.1, 0.15) is 0 Å². The molecule has 0 N–H and O–H groups in total. The SMILES string of the molecule is O=NC(Sc1ccc(Cl)cc1)c1ncc(C(F)(F)F)cc1Cl. The fourth-order valence-electron chi connectivity index (χ4n) is 1.55. The number of alkyl halides is 3. The molecule has 0 radical (unpaired) electrons. The average molecular weight is 367 g/mol. The van der Waals surface area contributed by atoms with Crippen molar-refractivity contribution in [3.8, 4) is 0 Å². The topological polar surface area (TPSA) is 42.3 Å². The van der Waals surface area contributed by atoms with E-state index in [4.69, 9.17) is 23.2 Å². The van der Waals surface area contributed by atoms with E-state index in [-0.39, 0.29) is 10.7 Å². The molecular weight excluding hydrogens is 360 g/mol. The lowest BCUT2D eigenvalue weighted by Gasteiger charge is -2.12. The molecule has 0 saturated carbocycles. The Morgan fingerprint density at radius 3 is 2.32 bits per heavy atom. The van der Waals surface area contributed by atoms with E-state index in [1.165, 1.54) is 0 Å². The van der Waals surface area contributed by atoms with Crippen molar-refractivity contribution in [2.75, 3.05) is 0 Å². The van der Waals surface area contributed by atoms with Crippen LogP contribution in [0.2, 0.25) is 10.0 Å². The van der Waals surface area contributed by atoms with Crippen molar-refractivity contribution in [1.29, 1.82) is 0 Å². The largest absolute Gasteiger partial charge is 0.417 e. The number of hydrogen-bond acceptors (Lipinski definition) is 4. The third kappa shape index (κ3) is 4.12. The molecule has 1 heterocycles. The summed E-state index contributed by atoms with van der Waals surface area (Å²) in [5, 5.41) is 2.08. The van der Waals surface area contributed by atoms with Crippen LogP contribution in [0.3, 0.4) is 0 Å². The van der Waals surface area contributed by atoms with Gasteiger partial charge in [0.15, 0.2) is 5.37 Å². The third-order valence-corrected chi connectivity index (χ3v) is 4.22. The minimum absolute atomic E-state index is 0.0235. The highest BCUT2D eigenvalue weighted by molar-refractivity contribution is 7.99. The van der Waals surface area contributed by atoms with Crippen molar-refractivity contribution >= 4 is 35.0 Å². The van der Waals surface area contributed by atoms with E-state index in [2.05, 4.69) is 10.2 Å². The number of hydrogen-bond donors (Lipinski definition) is 0. The summed E-state index contributed by atoms with van der Waals surface area (Å²) in [6.07, 6.45) is -3.93. The van der Waals surface area contributed by atoms with Crippen LogP contribution in [0.1, 0.15) is 16.6 Å². The molecule has 0 aliphatic carbocycles. The van der Waals surface area contributed by atoms with Gasteiger partial charge in [0.05, 0.1) is 16.3 Å². The molecule has 3 nitrogen and oxygen atoms in total. The molecule has 2 aromatic rings. The summed E-state index contributed by atoms with van der Waals surface area (Å²) in [6.45, 7) is 0. The van der Waals surface area contributed by atoms with E-state index < -0.39 is 17.1 Å². The summed E-state index contributed by atoms with van der Waals surface area (Å²) < 4.78 is 37.7. The smallest absolute Gasteiger partial charge is 0.256 e.